The van der Waals surface area contributed by atoms with Crippen LogP contribution in [0.4, 0.5) is 0 Å². The minimum Gasteiger partial charge on any atom is -0.340 e. The van der Waals surface area contributed by atoms with E-state index in [1.54, 1.807) is 0 Å². The van der Waals surface area contributed by atoms with Gasteiger partial charge in [-0.15, -0.1) is 0 Å². The molecular formula is C12H22N2OS. The third-order valence-corrected chi connectivity index (χ3v) is 5.23. The van der Waals surface area contributed by atoms with Crippen molar-refractivity contribution in [3.8, 4) is 0 Å². The molecule has 2 heterocycles. The summed E-state index contributed by atoms with van der Waals surface area (Å²) in [7, 11) is 1.89. The van der Waals surface area contributed by atoms with Crippen LogP contribution >= 0.6 is 11.8 Å². The maximum absolute atomic E-state index is 12.1. The highest BCUT2D eigenvalue weighted by Gasteiger charge is 2.36. The van der Waals surface area contributed by atoms with Crippen molar-refractivity contribution in [1.29, 1.82) is 0 Å². The summed E-state index contributed by atoms with van der Waals surface area (Å²) in [5, 5.41) is 3.12. The molecule has 2 unspecified atom stereocenters. The van der Waals surface area contributed by atoms with E-state index in [0.29, 0.717) is 10.7 Å². The van der Waals surface area contributed by atoms with Crippen molar-refractivity contribution in [2.75, 3.05) is 25.9 Å². The molecule has 0 aromatic carbocycles. The molecule has 2 saturated heterocycles. The van der Waals surface area contributed by atoms with E-state index in [1.807, 2.05) is 18.8 Å². The van der Waals surface area contributed by atoms with Crippen molar-refractivity contribution >= 4 is 17.7 Å². The molecule has 0 spiro atoms. The summed E-state index contributed by atoms with van der Waals surface area (Å²) in [5.41, 5.74) is 0. The molecule has 0 radical (unpaired) electrons. The fourth-order valence-corrected chi connectivity index (χ4v) is 4.05. The zero-order valence-corrected chi connectivity index (χ0v) is 11.1. The first-order valence-corrected chi connectivity index (χ1v) is 7.23. The van der Waals surface area contributed by atoms with E-state index in [4.69, 9.17) is 0 Å². The smallest absolute Gasteiger partial charge is 0.239 e. The van der Waals surface area contributed by atoms with Crippen LogP contribution in [0.2, 0.25) is 0 Å². The fraction of sp³-hybridized carbons (Fsp3) is 0.917. The summed E-state index contributed by atoms with van der Waals surface area (Å²) < 4.78 is 0.311. The minimum atomic E-state index is 0.0590. The van der Waals surface area contributed by atoms with Crippen molar-refractivity contribution in [1.82, 2.24) is 10.2 Å². The molecule has 2 rings (SSSR count). The van der Waals surface area contributed by atoms with Crippen LogP contribution < -0.4 is 5.32 Å². The van der Waals surface area contributed by atoms with Gasteiger partial charge in [0.25, 0.3) is 0 Å². The number of likely N-dealkylation sites (tertiary alicyclic amines) is 1. The van der Waals surface area contributed by atoms with Gasteiger partial charge in [0.1, 0.15) is 0 Å². The SMILES string of the molecule is CNC1CCCN(CC2(C)CCCS2)C1=O. The summed E-state index contributed by atoms with van der Waals surface area (Å²) in [5.74, 6) is 1.57. The highest BCUT2D eigenvalue weighted by Crippen LogP contribution is 2.38. The predicted octanol–water partition coefficient (Wildman–Crippen LogP) is 1.48. The Morgan fingerprint density at radius 2 is 2.38 bits per heavy atom. The van der Waals surface area contributed by atoms with Crippen LogP contribution in [0.3, 0.4) is 0 Å². The van der Waals surface area contributed by atoms with E-state index in [9.17, 15) is 4.79 Å². The van der Waals surface area contributed by atoms with Crippen LogP contribution in [0.25, 0.3) is 0 Å². The molecule has 0 aromatic rings. The van der Waals surface area contributed by atoms with Crippen molar-refractivity contribution < 1.29 is 4.79 Å². The summed E-state index contributed by atoms with van der Waals surface area (Å²) in [4.78, 5) is 14.2. The Bertz CT molecular complexity index is 264. The first kappa shape index (κ1) is 12.2. The lowest BCUT2D eigenvalue weighted by Gasteiger charge is -2.37. The molecule has 92 valence electrons. The normalized spacial score (nSPS) is 35.8. The molecule has 0 aromatic heterocycles. The number of thioether (sulfide) groups is 1. The van der Waals surface area contributed by atoms with E-state index in [2.05, 4.69) is 17.1 Å². The minimum absolute atomic E-state index is 0.0590. The van der Waals surface area contributed by atoms with Gasteiger partial charge in [-0.3, -0.25) is 4.79 Å². The van der Waals surface area contributed by atoms with Crippen LogP contribution in [0.5, 0.6) is 0 Å². The van der Waals surface area contributed by atoms with E-state index >= 15 is 0 Å². The highest BCUT2D eigenvalue weighted by atomic mass is 32.2. The number of carbonyl (C=O) groups is 1. The van der Waals surface area contributed by atoms with Crippen LogP contribution in [-0.2, 0) is 4.79 Å². The Hall–Kier alpha value is -0.220. The van der Waals surface area contributed by atoms with Gasteiger partial charge in [0.2, 0.25) is 5.91 Å². The van der Waals surface area contributed by atoms with Gasteiger partial charge in [-0.05, 0) is 45.4 Å². The third kappa shape index (κ3) is 2.54. The molecule has 2 aliphatic rings. The lowest BCUT2D eigenvalue weighted by atomic mass is 10.0. The van der Waals surface area contributed by atoms with Gasteiger partial charge in [0, 0.05) is 17.8 Å². The molecule has 1 amide bonds. The second kappa shape index (κ2) is 4.96. The summed E-state index contributed by atoms with van der Waals surface area (Å²) >= 11 is 2.03. The molecule has 0 saturated carbocycles. The fourth-order valence-electron chi connectivity index (χ4n) is 2.73. The molecular weight excluding hydrogens is 220 g/mol. The molecule has 1 N–H and O–H groups in total. The van der Waals surface area contributed by atoms with Crippen molar-refractivity contribution in [2.45, 2.75) is 43.4 Å². The molecule has 0 aliphatic carbocycles. The zero-order valence-electron chi connectivity index (χ0n) is 10.3. The number of rotatable bonds is 3. The van der Waals surface area contributed by atoms with Crippen molar-refractivity contribution in [3.63, 3.8) is 0 Å². The molecule has 2 aliphatic heterocycles. The second-order valence-corrected chi connectivity index (χ2v) is 6.83. The number of hydrogen-bond donors (Lipinski definition) is 1. The summed E-state index contributed by atoms with van der Waals surface area (Å²) in [6, 6.07) is 0.0590. The molecule has 16 heavy (non-hydrogen) atoms. The summed E-state index contributed by atoms with van der Waals surface area (Å²) in [6.07, 6.45) is 4.69. The lowest BCUT2D eigenvalue weighted by Crippen LogP contribution is -2.52. The Labute approximate surface area is 102 Å². The van der Waals surface area contributed by atoms with E-state index in [0.717, 1.165) is 25.9 Å². The number of piperidine rings is 1. The molecule has 4 heteroatoms. The van der Waals surface area contributed by atoms with Crippen LogP contribution in [0, 0.1) is 0 Å². The van der Waals surface area contributed by atoms with Gasteiger partial charge in [-0.1, -0.05) is 0 Å². The van der Waals surface area contributed by atoms with E-state index in [-0.39, 0.29) is 6.04 Å². The zero-order chi connectivity index (χ0) is 11.6. The number of amides is 1. The molecule has 0 bridgehead atoms. The standard InChI is InChI=1S/C12H22N2OS/c1-12(6-4-8-16-12)9-14-7-3-5-10(13-2)11(14)15/h10,13H,3-9H2,1-2H3. The average Bonchev–Trinajstić information content (AvgIpc) is 2.68. The quantitative estimate of drug-likeness (QED) is 0.813. The Balaban J connectivity index is 1.95. The van der Waals surface area contributed by atoms with Gasteiger partial charge in [-0.2, -0.15) is 11.8 Å². The van der Waals surface area contributed by atoms with Gasteiger partial charge >= 0.3 is 0 Å². The largest absolute Gasteiger partial charge is 0.340 e. The lowest BCUT2D eigenvalue weighted by molar-refractivity contribution is -0.136. The molecule has 2 atom stereocenters. The van der Waals surface area contributed by atoms with E-state index < -0.39 is 0 Å². The van der Waals surface area contributed by atoms with Crippen LogP contribution in [0.1, 0.15) is 32.6 Å². The maximum atomic E-state index is 12.1. The number of nitrogens with zero attached hydrogens (tertiary/aromatic N) is 1. The maximum Gasteiger partial charge on any atom is 0.239 e. The van der Waals surface area contributed by atoms with Gasteiger partial charge in [0.05, 0.1) is 6.04 Å². The first-order chi connectivity index (χ1) is 7.64. The Kier molecular flexibility index (Phi) is 3.80. The van der Waals surface area contributed by atoms with Gasteiger partial charge in [-0.25, -0.2) is 0 Å². The van der Waals surface area contributed by atoms with Crippen molar-refractivity contribution in [2.24, 2.45) is 0 Å². The third-order valence-electron chi connectivity index (χ3n) is 3.70. The van der Waals surface area contributed by atoms with Crippen LogP contribution in [0.15, 0.2) is 0 Å². The van der Waals surface area contributed by atoms with Crippen molar-refractivity contribution in [3.05, 3.63) is 0 Å². The number of nitrogens with one attached hydrogen (secondary N) is 1. The Morgan fingerprint density at radius 3 is 3.00 bits per heavy atom. The first-order valence-electron chi connectivity index (χ1n) is 6.25. The molecule has 3 nitrogen and oxygen atoms in total. The monoisotopic (exact) mass is 242 g/mol. The average molecular weight is 242 g/mol. The number of likely N-dealkylation sites (N-methyl/N-ethyl adjacent to an activating group) is 1. The second-order valence-electron chi connectivity index (χ2n) is 5.15. The predicted molar refractivity (Wildman–Crippen MR) is 68.8 cm³/mol. The molecule has 2 fully saturated rings. The number of carbonyl (C=O) groups excluding carboxylic acids is 1. The number of hydrogen-bond acceptors (Lipinski definition) is 3. The topological polar surface area (TPSA) is 32.3 Å². The highest BCUT2D eigenvalue weighted by molar-refractivity contribution is 8.00. The van der Waals surface area contributed by atoms with E-state index in [1.165, 1.54) is 18.6 Å². The van der Waals surface area contributed by atoms with Gasteiger partial charge < -0.3 is 10.2 Å². The Morgan fingerprint density at radius 1 is 1.56 bits per heavy atom. The van der Waals surface area contributed by atoms with Gasteiger partial charge in [0.15, 0.2) is 0 Å². The van der Waals surface area contributed by atoms with Crippen LogP contribution in [-0.4, -0.2) is 47.5 Å². The summed E-state index contributed by atoms with van der Waals surface area (Å²) in [6.45, 7) is 4.20.